The van der Waals surface area contributed by atoms with Gasteiger partial charge in [-0.1, -0.05) is 18.2 Å². The number of aryl methyl sites for hydroxylation is 1. The molecule has 2 aliphatic rings. The molecule has 2 aromatic rings. The molecule has 1 N–H and O–H groups in total. The van der Waals surface area contributed by atoms with Gasteiger partial charge in [0.05, 0.1) is 4.90 Å². The van der Waals surface area contributed by atoms with E-state index in [4.69, 9.17) is 0 Å². The van der Waals surface area contributed by atoms with E-state index < -0.39 is 10.0 Å². The van der Waals surface area contributed by atoms with Gasteiger partial charge < -0.3 is 10.2 Å². The third-order valence-electron chi connectivity index (χ3n) is 5.99. The van der Waals surface area contributed by atoms with Crippen LogP contribution >= 0.6 is 0 Å². The van der Waals surface area contributed by atoms with Gasteiger partial charge in [0.25, 0.3) is 5.91 Å². The van der Waals surface area contributed by atoms with Crippen LogP contribution in [0.4, 0.5) is 5.69 Å². The van der Waals surface area contributed by atoms with E-state index in [9.17, 15) is 13.2 Å². The number of hydrogen-bond acceptors (Lipinski definition) is 4. The molecule has 0 aromatic heterocycles. The first-order valence-electron chi connectivity index (χ1n) is 10.7. The summed E-state index contributed by atoms with van der Waals surface area (Å²) < 4.78 is 27.4. The van der Waals surface area contributed by atoms with Gasteiger partial charge in [-0.2, -0.15) is 4.31 Å². The van der Waals surface area contributed by atoms with Crippen LogP contribution in [0.3, 0.4) is 0 Å². The Bertz CT molecular complexity index is 1010. The first-order valence-corrected chi connectivity index (χ1v) is 12.1. The van der Waals surface area contributed by atoms with E-state index in [-0.39, 0.29) is 10.8 Å². The topological polar surface area (TPSA) is 69.7 Å². The Hall–Kier alpha value is -2.38. The standard InChI is InChI=1S/C23H29N3O3S/c1-18-6-9-20(16-22(18)30(28,29)26-14-4-5-15-26)23(27)24-17-19-7-10-21(11-8-19)25-12-2-3-13-25/h6-11,16H,2-5,12-15,17H2,1H3,(H,24,27). The summed E-state index contributed by atoms with van der Waals surface area (Å²) in [6.45, 7) is 5.48. The molecule has 7 heteroatoms. The highest BCUT2D eigenvalue weighted by Crippen LogP contribution is 2.25. The van der Waals surface area contributed by atoms with Crippen LogP contribution in [0.2, 0.25) is 0 Å². The molecular formula is C23H29N3O3S. The van der Waals surface area contributed by atoms with Crippen LogP contribution in [0.5, 0.6) is 0 Å². The quantitative estimate of drug-likeness (QED) is 0.768. The van der Waals surface area contributed by atoms with Crippen molar-refractivity contribution in [3.63, 3.8) is 0 Å². The molecule has 160 valence electrons. The zero-order valence-corrected chi connectivity index (χ0v) is 18.2. The van der Waals surface area contributed by atoms with Crippen molar-refractivity contribution in [2.45, 2.75) is 44.0 Å². The zero-order valence-electron chi connectivity index (χ0n) is 17.4. The van der Waals surface area contributed by atoms with Crippen molar-refractivity contribution in [3.8, 4) is 0 Å². The van der Waals surface area contributed by atoms with Crippen molar-refractivity contribution >= 4 is 21.6 Å². The number of carbonyl (C=O) groups is 1. The lowest BCUT2D eigenvalue weighted by atomic mass is 10.1. The molecule has 2 aliphatic heterocycles. The highest BCUT2D eigenvalue weighted by Gasteiger charge is 2.29. The molecule has 30 heavy (non-hydrogen) atoms. The van der Waals surface area contributed by atoms with Crippen molar-refractivity contribution in [1.29, 1.82) is 0 Å². The highest BCUT2D eigenvalue weighted by molar-refractivity contribution is 7.89. The summed E-state index contributed by atoms with van der Waals surface area (Å²) in [5.41, 5.74) is 3.27. The van der Waals surface area contributed by atoms with Crippen molar-refractivity contribution in [2.24, 2.45) is 0 Å². The largest absolute Gasteiger partial charge is 0.372 e. The predicted molar refractivity (Wildman–Crippen MR) is 118 cm³/mol. The molecule has 2 heterocycles. The molecule has 0 atom stereocenters. The Balaban J connectivity index is 1.43. The average Bonchev–Trinajstić information content (AvgIpc) is 3.47. The van der Waals surface area contributed by atoms with Gasteiger partial charge in [-0.3, -0.25) is 4.79 Å². The van der Waals surface area contributed by atoms with Crippen molar-refractivity contribution in [3.05, 3.63) is 59.2 Å². The smallest absolute Gasteiger partial charge is 0.251 e. The van der Waals surface area contributed by atoms with Gasteiger partial charge in [0.1, 0.15) is 0 Å². The molecular weight excluding hydrogens is 398 g/mol. The monoisotopic (exact) mass is 427 g/mol. The second-order valence-electron chi connectivity index (χ2n) is 8.13. The maximum absolute atomic E-state index is 12.9. The number of hydrogen-bond donors (Lipinski definition) is 1. The minimum absolute atomic E-state index is 0.229. The second-order valence-corrected chi connectivity index (χ2v) is 10.0. The molecule has 0 saturated carbocycles. The molecule has 0 unspecified atom stereocenters. The van der Waals surface area contributed by atoms with Crippen molar-refractivity contribution < 1.29 is 13.2 Å². The number of nitrogens with one attached hydrogen (secondary N) is 1. The van der Waals surface area contributed by atoms with Crippen molar-refractivity contribution in [1.82, 2.24) is 9.62 Å². The summed E-state index contributed by atoms with van der Waals surface area (Å²) in [4.78, 5) is 15.3. The van der Waals surface area contributed by atoms with Crippen LogP contribution in [-0.4, -0.2) is 44.8 Å². The third-order valence-corrected chi connectivity index (χ3v) is 8.03. The molecule has 4 rings (SSSR count). The number of amides is 1. The van der Waals surface area contributed by atoms with Gasteiger partial charge in [0, 0.05) is 44.0 Å². The average molecular weight is 428 g/mol. The molecule has 0 spiro atoms. The minimum Gasteiger partial charge on any atom is -0.372 e. The van der Waals surface area contributed by atoms with E-state index >= 15 is 0 Å². The summed E-state index contributed by atoms with van der Waals surface area (Å²) in [6.07, 6.45) is 4.25. The first-order chi connectivity index (χ1) is 14.4. The van der Waals surface area contributed by atoms with Gasteiger partial charge >= 0.3 is 0 Å². The number of sulfonamides is 1. The normalized spacial score (nSPS) is 17.4. The Morgan fingerprint density at radius 2 is 1.57 bits per heavy atom. The van der Waals surface area contributed by atoms with E-state index in [1.165, 1.54) is 28.9 Å². The Labute approximate surface area is 178 Å². The van der Waals surface area contributed by atoms with E-state index in [0.717, 1.165) is 31.5 Å². The highest BCUT2D eigenvalue weighted by atomic mass is 32.2. The van der Waals surface area contributed by atoms with Gasteiger partial charge in [0.15, 0.2) is 0 Å². The third kappa shape index (κ3) is 4.37. The number of carbonyl (C=O) groups excluding carboxylic acids is 1. The summed E-state index contributed by atoms with van der Waals surface area (Å²) in [7, 11) is -3.56. The SMILES string of the molecule is Cc1ccc(C(=O)NCc2ccc(N3CCCC3)cc2)cc1S(=O)(=O)N1CCCC1. The van der Waals surface area contributed by atoms with Crippen LogP contribution in [0.15, 0.2) is 47.4 Å². The van der Waals surface area contributed by atoms with Gasteiger partial charge in [-0.25, -0.2) is 8.42 Å². The summed E-state index contributed by atoms with van der Waals surface area (Å²) >= 11 is 0. The lowest BCUT2D eigenvalue weighted by Crippen LogP contribution is -2.29. The molecule has 6 nitrogen and oxygen atoms in total. The molecule has 1 amide bonds. The van der Waals surface area contributed by atoms with Crippen LogP contribution in [0.25, 0.3) is 0 Å². The van der Waals surface area contributed by atoms with Gasteiger partial charge in [-0.15, -0.1) is 0 Å². The number of rotatable bonds is 6. The van der Waals surface area contributed by atoms with Gasteiger partial charge in [-0.05, 0) is 68.0 Å². The Morgan fingerprint density at radius 1 is 0.933 bits per heavy atom. The Kier molecular flexibility index (Phi) is 6.11. The lowest BCUT2D eigenvalue weighted by molar-refractivity contribution is 0.0950. The lowest BCUT2D eigenvalue weighted by Gasteiger charge is -2.18. The fourth-order valence-electron chi connectivity index (χ4n) is 4.17. The molecule has 0 radical (unpaired) electrons. The number of anilines is 1. The molecule has 0 aliphatic carbocycles. The first kappa shape index (κ1) is 20.9. The minimum atomic E-state index is -3.56. The molecule has 2 saturated heterocycles. The number of nitrogens with zero attached hydrogens (tertiary/aromatic N) is 2. The van der Waals surface area contributed by atoms with E-state index in [2.05, 4.69) is 22.3 Å². The molecule has 2 fully saturated rings. The maximum Gasteiger partial charge on any atom is 0.251 e. The maximum atomic E-state index is 12.9. The van der Waals surface area contributed by atoms with E-state index in [0.29, 0.717) is 30.8 Å². The van der Waals surface area contributed by atoms with E-state index in [1.807, 2.05) is 12.1 Å². The number of benzene rings is 2. The van der Waals surface area contributed by atoms with Crippen LogP contribution < -0.4 is 10.2 Å². The molecule has 2 aromatic carbocycles. The van der Waals surface area contributed by atoms with Crippen LogP contribution in [-0.2, 0) is 16.6 Å². The molecule has 0 bridgehead atoms. The summed E-state index contributed by atoms with van der Waals surface area (Å²) in [6, 6.07) is 13.2. The van der Waals surface area contributed by atoms with E-state index in [1.54, 1.807) is 19.1 Å². The Morgan fingerprint density at radius 3 is 2.23 bits per heavy atom. The van der Waals surface area contributed by atoms with Crippen molar-refractivity contribution in [2.75, 3.05) is 31.1 Å². The summed E-state index contributed by atoms with van der Waals surface area (Å²) in [5.74, 6) is -0.267. The fourth-order valence-corrected chi connectivity index (χ4v) is 5.94. The second kappa shape index (κ2) is 8.78. The van der Waals surface area contributed by atoms with Crippen LogP contribution in [0.1, 0.15) is 47.2 Å². The zero-order chi connectivity index (χ0) is 21.1. The fraction of sp³-hybridized carbons (Fsp3) is 0.435. The predicted octanol–water partition coefficient (Wildman–Crippen LogP) is 3.31. The summed E-state index contributed by atoms with van der Waals surface area (Å²) in [5, 5.41) is 2.91. The van der Waals surface area contributed by atoms with Crippen LogP contribution in [0, 0.1) is 6.92 Å². The van der Waals surface area contributed by atoms with Gasteiger partial charge in [0.2, 0.25) is 10.0 Å².